The van der Waals surface area contributed by atoms with Crippen LogP contribution >= 0.6 is 0 Å². The summed E-state index contributed by atoms with van der Waals surface area (Å²) in [7, 11) is 0. The van der Waals surface area contributed by atoms with Crippen LogP contribution in [-0.2, 0) is 0 Å². The Balaban J connectivity index is 1.62. The van der Waals surface area contributed by atoms with E-state index in [0.29, 0.717) is 11.1 Å². The third-order valence-corrected chi connectivity index (χ3v) is 6.89. The van der Waals surface area contributed by atoms with Crippen molar-refractivity contribution in [2.45, 2.75) is 0 Å². The average Bonchev–Trinajstić information content (AvgIpc) is 2.96. The highest BCUT2D eigenvalue weighted by molar-refractivity contribution is 6.13. The van der Waals surface area contributed by atoms with Crippen molar-refractivity contribution in [3.63, 3.8) is 0 Å². The van der Waals surface area contributed by atoms with Gasteiger partial charge in [0.2, 0.25) is 0 Å². The summed E-state index contributed by atoms with van der Waals surface area (Å²) in [6.45, 7) is 0. The van der Waals surface area contributed by atoms with E-state index in [-0.39, 0.29) is 0 Å². The highest BCUT2D eigenvalue weighted by Crippen LogP contribution is 2.41. The van der Waals surface area contributed by atoms with Gasteiger partial charge in [-0.05, 0) is 54.9 Å². The molecule has 0 bridgehead atoms. The largest absolute Gasteiger partial charge is 0.298 e. The Labute approximate surface area is 209 Å². The maximum absolute atomic E-state index is 11.7. The fourth-order valence-corrected chi connectivity index (χ4v) is 5.23. The van der Waals surface area contributed by atoms with E-state index in [9.17, 15) is 9.59 Å². The van der Waals surface area contributed by atoms with E-state index in [2.05, 4.69) is 60.7 Å². The van der Waals surface area contributed by atoms with Crippen molar-refractivity contribution in [2.75, 3.05) is 0 Å². The first-order valence-corrected chi connectivity index (χ1v) is 11.9. The smallest absolute Gasteiger partial charge is 0.150 e. The molecule has 0 unspecified atom stereocenters. The Morgan fingerprint density at radius 3 is 0.917 bits per heavy atom. The van der Waals surface area contributed by atoms with Gasteiger partial charge in [0, 0.05) is 11.1 Å². The van der Waals surface area contributed by atoms with E-state index in [1.807, 2.05) is 60.7 Å². The molecule has 36 heavy (non-hydrogen) atoms. The Morgan fingerprint density at radius 1 is 0.306 bits per heavy atom. The molecule has 0 saturated heterocycles. The molecule has 0 amide bonds. The van der Waals surface area contributed by atoms with Crippen molar-refractivity contribution in [2.24, 2.45) is 0 Å². The normalized spacial score (nSPS) is 11.0. The molecule has 0 aliphatic rings. The number of hydrogen-bond donors (Lipinski definition) is 0. The number of carbonyl (C=O) groups is 2. The van der Waals surface area contributed by atoms with Gasteiger partial charge in [0.1, 0.15) is 0 Å². The molecule has 0 fully saturated rings. The topological polar surface area (TPSA) is 34.1 Å². The summed E-state index contributed by atoms with van der Waals surface area (Å²) < 4.78 is 0. The number of hydrogen-bond acceptors (Lipinski definition) is 2. The van der Waals surface area contributed by atoms with Gasteiger partial charge >= 0.3 is 0 Å². The van der Waals surface area contributed by atoms with E-state index in [1.165, 1.54) is 0 Å². The van der Waals surface area contributed by atoms with Crippen LogP contribution in [0.15, 0.2) is 121 Å². The minimum Gasteiger partial charge on any atom is -0.298 e. The van der Waals surface area contributed by atoms with Crippen molar-refractivity contribution in [1.82, 2.24) is 0 Å². The maximum Gasteiger partial charge on any atom is 0.150 e. The summed E-state index contributed by atoms with van der Waals surface area (Å²) in [5, 5.41) is 4.45. The van der Waals surface area contributed by atoms with Crippen LogP contribution in [-0.4, -0.2) is 12.6 Å². The Morgan fingerprint density at radius 2 is 0.583 bits per heavy atom. The molecule has 6 rings (SSSR count). The monoisotopic (exact) mass is 462 g/mol. The Kier molecular flexibility index (Phi) is 5.48. The van der Waals surface area contributed by atoms with Crippen LogP contribution < -0.4 is 0 Å². The molecule has 2 nitrogen and oxygen atoms in total. The molecule has 0 aromatic heterocycles. The van der Waals surface area contributed by atoms with Crippen LogP contribution in [0, 0.1) is 0 Å². The molecule has 2 heteroatoms. The lowest BCUT2D eigenvalue weighted by atomic mass is 9.87. The third kappa shape index (κ3) is 3.52. The molecule has 0 N–H and O–H groups in total. The van der Waals surface area contributed by atoms with Crippen molar-refractivity contribution >= 4 is 34.1 Å². The van der Waals surface area contributed by atoms with Gasteiger partial charge in [-0.1, -0.05) is 121 Å². The molecule has 0 heterocycles. The summed E-state index contributed by atoms with van der Waals surface area (Å²) in [4.78, 5) is 23.5. The number of benzene rings is 6. The predicted octanol–water partition coefficient (Wildman–Crippen LogP) is 8.62. The van der Waals surface area contributed by atoms with E-state index in [4.69, 9.17) is 0 Å². The van der Waals surface area contributed by atoms with Gasteiger partial charge in [-0.25, -0.2) is 0 Å². The first-order chi connectivity index (χ1) is 17.8. The maximum atomic E-state index is 11.7. The number of aldehydes is 2. The molecule has 0 spiro atoms. The van der Waals surface area contributed by atoms with Gasteiger partial charge in [0.05, 0.1) is 0 Å². The van der Waals surface area contributed by atoms with Crippen molar-refractivity contribution in [3.8, 4) is 33.4 Å². The van der Waals surface area contributed by atoms with Crippen LogP contribution in [0.5, 0.6) is 0 Å². The Hall–Kier alpha value is -4.82. The summed E-state index contributed by atoms with van der Waals surface area (Å²) in [5.41, 5.74) is 7.56. The summed E-state index contributed by atoms with van der Waals surface area (Å²) in [6.07, 6.45) is 1.84. The van der Waals surface area contributed by atoms with Gasteiger partial charge in [-0.3, -0.25) is 9.59 Å². The SMILES string of the molecule is O=Cc1ccccc1-c1ccc(-c2ccc(-c3ccccc3C=O)c3ccccc23)c2ccccc12. The lowest BCUT2D eigenvalue weighted by Gasteiger charge is -2.16. The van der Waals surface area contributed by atoms with Gasteiger partial charge in [0.25, 0.3) is 0 Å². The standard InChI is InChI=1S/C34H22O2/c35-21-23-9-1-3-11-25(23)31-17-19-33(29-15-7-5-13-27(29)31)34-20-18-32(28-14-6-8-16-30(28)34)26-12-4-2-10-24(26)22-36/h1-22H. The van der Waals surface area contributed by atoms with E-state index >= 15 is 0 Å². The molecular formula is C34H22O2. The lowest BCUT2D eigenvalue weighted by molar-refractivity contribution is 0.111. The lowest BCUT2D eigenvalue weighted by Crippen LogP contribution is -1.92. The molecule has 6 aromatic carbocycles. The van der Waals surface area contributed by atoms with E-state index < -0.39 is 0 Å². The summed E-state index contributed by atoms with van der Waals surface area (Å²) in [5.74, 6) is 0. The van der Waals surface area contributed by atoms with Crippen LogP contribution in [0.3, 0.4) is 0 Å². The highest BCUT2D eigenvalue weighted by Gasteiger charge is 2.15. The van der Waals surface area contributed by atoms with Crippen molar-refractivity contribution < 1.29 is 9.59 Å². The highest BCUT2D eigenvalue weighted by atomic mass is 16.1. The van der Waals surface area contributed by atoms with Gasteiger partial charge in [-0.2, -0.15) is 0 Å². The predicted molar refractivity (Wildman–Crippen MR) is 149 cm³/mol. The first kappa shape index (κ1) is 21.7. The fraction of sp³-hybridized carbons (Fsp3) is 0. The van der Waals surface area contributed by atoms with Crippen LogP contribution in [0.1, 0.15) is 20.7 Å². The fourth-order valence-electron chi connectivity index (χ4n) is 5.23. The van der Waals surface area contributed by atoms with E-state index in [0.717, 1.165) is 67.5 Å². The molecular weight excluding hydrogens is 440 g/mol. The zero-order chi connectivity index (χ0) is 24.5. The minimum atomic E-state index is 0.680. The molecule has 0 aliphatic heterocycles. The van der Waals surface area contributed by atoms with Crippen LogP contribution in [0.2, 0.25) is 0 Å². The minimum absolute atomic E-state index is 0.680. The zero-order valence-corrected chi connectivity index (χ0v) is 19.5. The second-order valence-electron chi connectivity index (χ2n) is 8.82. The molecule has 170 valence electrons. The average molecular weight is 463 g/mol. The number of rotatable bonds is 5. The zero-order valence-electron chi connectivity index (χ0n) is 19.5. The second-order valence-corrected chi connectivity index (χ2v) is 8.82. The molecule has 6 aromatic rings. The van der Waals surface area contributed by atoms with Crippen molar-refractivity contribution in [1.29, 1.82) is 0 Å². The van der Waals surface area contributed by atoms with Gasteiger partial charge in [-0.15, -0.1) is 0 Å². The Bertz CT molecular complexity index is 1650. The molecule has 0 saturated carbocycles. The van der Waals surface area contributed by atoms with E-state index in [1.54, 1.807) is 0 Å². The van der Waals surface area contributed by atoms with Gasteiger partial charge < -0.3 is 0 Å². The second kappa shape index (κ2) is 9.09. The summed E-state index contributed by atoms with van der Waals surface area (Å²) in [6, 6.07) is 40.7. The molecule has 0 atom stereocenters. The molecule has 0 aliphatic carbocycles. The van der Waals surface area contributed by atoms with Crippen LogP contribution in [0.25, 0.3) is 54.9 Å². The van der Waals surface area contributed by atoms with Crippen LogP contribution in [0.4, 0.5) is 0 Å². The number of carbonyl (C=O) groups excluding carboxylic acids is 2. The number of fused-ring (bicyclic) bond motifs is 2. The summed E-state index contributed by atoms with van der Waals surface area (Å²) >= 11 is 0. The third-order valence-electron chi connectivity index (χ3n) is 6.89. The quantitative estimate of drug-likeness (QED) is 0.240. The van der Waals surface area contributed by atoms with Gasteiger partial charge in [0.15, 0.2) is 12.6 Å². The molecule has 0 radical (unpaired) electrons. The van der Waals surface area contributed by atoms with Crippen molar-refractivity contribution in [3.05, 3.63) is 132 Å². The first-order valence-electron chi connectivity index (χ1n) is 11.9.